The van der Waals surface area contributed by atoms with Crippen LogP contribution in [0.3, 0.4) is 0 Å². The van der Waals surface area contributed by atoms with Crippen molar-refractivity contribution in [2.24, 2.45) is 5.41 Å². The number of thiophene rings is 1. The summed E-state index contributed by atoms with van der Waals surface area (Å²) in [6, 6.07) is 27.8. The molecule has 1 fully saturated rings. The number of aromatic nitrogens is 2. The molecule has 1 amide bonds. The van der Waals surface area contributed by atoms with Gasteiger partial charge in [-0.25, -0.2) is 4.98 Å². The maximum Gasteiger partial charge on any atom is 0.251 e. The van der Waals surface area contributed by atoms with Crippen LogP contribution < -0.4 is 19.5 Å². The van der Waals surface area contributed by atoms with E-state index < -0.39 is 0 Å². The first-order valence-electron chi connectivity index (χ1n) is 15.8. The van der Waals surface area contributed by atoms with Gasteiger partial charge in [-0.2, -0.15) is 4.98 Å². The van der Waals surface area contributed by atoms with Crippen LogP contribution >= 0.6 is 23.3 Å². The molecule has 0 unspecified atom stereocenters. The van der Waals surface area contributed by atoms with Crippen molar-refractivity contribution in [2.45, 2.75) is 38.1 Å². The van der Waals surface area contributed by atoms with Crippen molar-refractivity contribution < 1.29 is 14.3 Å². The number of fused-ring (bicyclic) bond motifs is 4. The number of rotatable bonds is 5. The summed E-state index contributed by atoms with van der Waals surface area (Å²) in [4.78, 5) is 27.6. The van der Waals surface area contributed by atoms with Gasteiger partial charge < -0.3 is 14.8 Å². The third-order valence-electron chi connectivity index (χ3n) is 8.91. The zero-order chi connectivity index (χ0) is 32.2. The Morgan fingerprint density at radius 2 is 1.72 bits per heavy atom. The molecule has 8 nitrogen and oxygen atoms in total. The van der Waals surface area contributed by atoms with Gasteiger partial charge in [-0.05, 0) is 105 Å². The smallest absolute Gasteiger partial charge is 0.251 e. The van der Waals surface area contributed by atoms with Crippen LogP contribution in [0, 0.1) is 19.3 Å². The summed E-state index contributed by atoms with van der Waals surface area (Å²) >= 11 is 3.09. The Morgan fingerprint density at radius 1 is 0.936 bits per heavy atom. The van der Waals surface area contributed by atoms with Crippen LogP contribution in [-0.4, -0.2) is 47.0 Å². The monoisotopic (exact) mass is 663 g/mol. The van der Waals surface area contributed by atoms with Crippen molar-refractivity contribution in [1.82, 2.24) is 20.2 Å². The van der Waals surface area contributed by atoms with Crippen LogP contribution in [0.5, 0.6) is 17.4 Å². The topological polar surface area (TPSA) is 88.6 Å². The maximum absolute atomic E-state index is 13.3. The molecule has 2 aromatic heterocycles. The number of hydrogen-bond donors (Lipinski definition) is 2. The first kappa shape index (κ1) is 31.2. The zero-order valence-electron chi connectivity index (χ0n) is 26.5. The lowest BCUT2D eigenvalue weighted by molar-refractivity contribution is 0.0474. The van der Waals surface area contributed by atoms with E-state index in [9.17, 15) is 4.79 Å². The number of para-hydroxylation sites is 1. The van der Waals surface area contributed by atoms with Gasteiger partial charge in [0.25, 0.3) is 5.91 Å². The Kier molecular flexibility index (Phi) is 9.15. The van der Waals surface area contributed by atoms with Gasteiger partial charge >= 0.3 is 0 Å². The molecule has 0 aliphatic carbocycles. The second kappa shape index (κ2) is 13.8. The molecule has 240 valence electrons. The maximum atomic E-state index is 13.3. The molecule has 0 saturated carbocycles. The van der Waals surface area contributed by atoms with Crippen LogP contribution in [0.25, 0.3) is 11.3 Å². The molecule has 10 heteroatoms. The van der Waals surface area contributed by atoms with Crippen LogP contribution in [0.4, 0.5) is 5.95 Å². The number of aryl methyl sites for hydroxylation is 2. The molecule has 1 saturated heterocycles. The molecule has 2 aliphatic heterocycles. The molecule has 4 heterocycles. The minimum atomic E-state index is -0.265. The fourth-order valence-electron chi connectivity index (χ4n) is 6.20. The van der Waals surface area contributed by atoms with Crippen LogP contribution in [0.2, 0.25) is 0 Å². The van der Waals surface area contributed by atoms with E-state index >= 15 is 0 Å². The minimum Gasteiger partial charge on any atom is -0.477 e. The summed E-state index contributed by atoms with van der Waals surface area (Å²) in [5.41, 5.74) is 4.54. The lowest BCUT2D eigenvalue weighted by Crippen LogP contribution is -2.49. The van der Waals surface area contributed by atoms with Crippen molar-refractivity contribution in [3.05, 3.63) is 112 Å². The van der Waals surface area contributed by atoms with E-state index in [4.69, 9.17) is 19.4 Å². The summed E-state index contributed by atoms with van der Waals surface area (Å²) in [5.74, 6) is 2.64. The van der Waals surface area contributed by atoms with Crippen molar-refractivity contribution in [2.75, 3.05) is 31.0 Å². The lowest BCUT2D eigenvalue weighted by Gasteiger charge is -2.41. The number of amides is 1. The molecule has 0 radical (unpaired) electrons. The summed E-state index contributed by atoms with van der Waals surface area (Å²) in [5, 5.41) is 5.33. The predicted molar refractivity (Wildman–Crippen MR) is 188 cm³/mol. The van der Waals surface area contributed by atoms with Crippen LogP contribution in [0.15, 0.2) is 95.2 Å². The largest absolute Gasteiger partial charge is 0.477 e. The number of carbonyl (C=O) groups is 1. The van der Waals surface area contributed by atoms with E-state index in [0.717, 1.165) is 71.3 Å². The predicted octanol–water partition coefficient (Wildman–Crippen LogP) is 8.14. The van der Waals surface area contributed by atoms with E-state index in [-0.39, 0.29) is 11.3 Å². The lowest BCUT2D eigenvalue weighted by atomic mass is 9.78. The first-order valence-corrected chi connectivity index (χ1v) is 17.5. The molecular formula is C37H37N5O3S2. The van der Waals surface area contributed by atoms with Gasteiger partial charge in [0.15, 0.2) is 0 Å². The number of nitrogens with one attached hydrogen (secondary N) is 2. The fourth-order valence-corrected chi connectivity index (χ4v) is 7.68. The molecule has 7 rings (SSSR count). The molecule has 2 aliphatic rings. The highest BCUT2D eigenvalue weighted by molar-refractivity contribution is 8.00. The van der Waals surface area contributed by atoms with Crippen molar-refractivity contribution in [3.8, 4) is 28.6 Å². The number of piperidine rings is 1. The summed E-state index contributed by atoms with van der Waals surface area (Å²) in [6.45, 7) is 7.70. The zero-order valence-corrected chi connectivity index (χ0v) is 28.1. The van der Waals surface area contributed by atoms with Crippen molar-refractivity contribution in [1.29, 1.82) is 0 Å². The highest BCUT2D eigenvalue weighted by Crippen LogP contribution is 2.37. The molecular weight excluding hydrogens is 627 g/mol. The molecule has 2 N–H and O–H groups in total. The Balaban J connectivity index is 1.13. The second-order valence-corrected chi connectivity index (χ2v) is 14.2. The van der Waals surface area contributed by atoms with E-state index in [1.54, 1.807) is 11.3 Å². The minimum absolute atomic E-state index is 0.0836. The quantitative estimate of drug-likeness (QED) is 0.182. The number of benzene rings is 3. The van der Waals surface area contributed by atoms with Crippen molar-refractivity contribution >= 4 is 35.1 Å². The molecule has 0 atom stereocenters. The van der Waals surface area contributed by atoms with Crippen LogP contribution in [0.1, 0.15) is 39.2 Å². The van der Waals surface area contributed by atoms with Gasteiger partial charge in [-0.1, -0.05) is 42.5 Å². The molecule has 1 spiro atoms. The number of hydrogen-bond acceptors (Lipinski definition) is 9. The SMILES string of the molecule is Cc1cccc(C)c1-c1cc2nc(n1)NSc1cccc(c1)C(=O)NCC1(CCN(Cc3sccc3Oc3ccccc3)CC1)CO2. The van der Waals surface area contributed by atoms with E-state index in [0.29, 0.717) is 30.5 Å². The number of likely N-dealkylation sites (tertiary alicyclic amines) is 1. The highest BCUT2D eigenvalue weighted by Gasteiger charge is 2.37. The highest BCUT2D eigenvalue weighted by atomic mass is 32.2. The van der Waals surface area contributed by atoms with Gasteiger partial charge in [0.1, 0.15) is 11.5 Å². The third-order valence-corrected chi connectivity index (χ3v) is 10.6. The molecule has 5 aromatic rings. The Morgan fingerprint density at radius 3 is 2.53 bits per heavy atom. The normalized spacial score (nSPS) is 16.4. The van der Waals surface area contributed by atoms with E-state index in [2.05, 4.69) is 52.4 Å². The Labute approximate surface area is 283 Å². The number of ether oxygens (including phenoxy) is 2. The number of carbonyl (C=O) groups excluding carboxylic acids is 1. The number of anilines is 1. The molecule has 3 aromatic carbocycles. The fraction of sp³-hybridized carbons (Fsp3) is 0.270. The molecule has 47 heavy (non-hydrogen) atoms. The number of nitrogens with zero attached hydrogens (tertiary/aromatic N) is 3. The van der Waals surface area contributed by atoms with Gasteiger partial charge in [-0.15, -0.1) is 11.3 Å². The van der Waals surface area contributed by atoms with Gasteiger partial charge in [-0.3, -0.25) is 14.4 Å². The van der Waals surface area contributed by atoms with Crippen LogP contribution in [-0.2, 0) is 6.54 Å². The standard InChI is InChI=1S/C37H37N5O3S2/c1-25-8-6-9-26(2)34(25)30-21-33-40-36(39-30)41-47-29-13-7-10-27(20-29)35(43)38-23-37(24-44-33)15-17-42(18-16-37)22-32-31(14-19-46-32)45-28-11-4-3-5-12-28/h3-14,19-21H,15-18,22-24H2,1-2H3,(H,38,43)(H,39,40,41). The van der Waals surface area contributed by atoms with E-state index in [1.165, 1.54) is 16.8 Å². The third kappa shape index (κ3) is 7.30. The summed E-state index contributed by atoms with van der Waals surface area (Å²) < 4.78 is 16.0. The van der Waals surface area contributed by atoms with Gasteiger partial charge in [0.05, 0.1) is 17.2 Å². The second-order valence-electron chi connectivity index (χ2n) is 12.3. The average molecular weight is 664 g/mol. The average Bonchev–Trinajstić information content (AvgIpc) is 3.52. The Bertz CT molecular complexity index is 1850. The summed E-state index contributed by atoms with van der Waals surface area (Å²) in [6.07, 6.45) is 1.73. The molecule has 4 bridgehead atoms. The van der Waals surface area contributed by atoms with E-state index in [1.807, 2.05) is 66.7 Å². The Hall–Kier alpha value is -4.38. The first-order chi connectivity index (χ1) is 22.9. The summed E-state index contributed by atoms with van der Waals surface area (Å²) in [7, 11) is 0. The van der Waals surface area contributed by atoms with Gasteiger partial charge in [0, 0.05) is 40.6 Å². The van der Waals surface area contributed by atoms with Crippen molar-refractivity contribution in [3.63, 3.8) is 0 Å². The van der Waals surface area contributed by atoms with Gasteiger partial charge in [0.2, 0.25) is 11.8 Å².